The van der Waals surface area contributed by atoms with E-state index in [2.05, 4.69) is 18.8 Å². The van der Waals surface area contributed by atoms with Crippen molar-refractivity contribution in [3.8, 4) is 0 Å². The Kier molecular flexibility index (Phi) is 22.6. The van der Waals surface area contributed by atoms with Crippen molar-refractivity contribution >= 4 is 15.7 Å². The highest BCUT2D eigenvalue weighted by molar-refractivity contribution is 6.37. The van der Waals surface area contributed by atoms with Gasteiger partial charge in [-0.3, -0.25) is 0 Å². The Balaban J connectivity index is 3.57. The van der Waals surface area contributed by atoms with Gasteiger partial charge < -0.3 is 19.4 Å². The van der Waals surface area contributed by atoms with Gasteiger partial charge in [0.2, 0.25) is 0 Å². The molecule has 5 nitrogen and oxygen atoms in total. The van der Waals surface area contributed by atoms with Crippen LogP contribution in [0.15, 0.2) is 0 Å². The van der Waals surface area contributed by atoms with Crippen LogP contribution >= 0.6 is 0 Å². The molecule has 0 aliphatic carbocycles. The van der Waals surface area contributed by atoms with Crippen molar-refractivity contribution in [3.63, 3.8) is 0 Å². The topological polar surface area (TPSA) is 50.8 Å². The lowest BCUT2D eigenvalue weighted by molar-refractivity contribution is -0.0448. The molecular weight excluding hydrogens is 392 g/mol. The number of urea groups is 1. The van der Waals surface area contributed by atoms with Gasteiger partial charge in [0.15, 0.2) is 15.6 Å². The molecule has 0 bridgehead atoms. The fourth-order valence-electron chi connectivity index (χ4n) is 3.80. The van der Waals surface area contributed by atoms with Gasteiger partial charge >= 0.3 is 6.03 Å². The third kappa shape index (κ3) is 18.2. The van der Waals surface area contributed by atoms with Gasteiger partial charge in [-0.15, -0.1) is 0 Å². The minimum atomic E-state index is -0.924. The van der Waals surface area contributed by atoms with E-state index in [9.17, 15) is 4.79 Å². The first kappa shape index (κ1) is 29.4. The summed E-state index contributed by atoms with van der Waals surface area (Å²) < 4.78 is 10.4. The zero-order chi connectivity index (χ0) is 22.3. The predicted molar refractivity (Wildman–Crippen MR) is 132 cm³/mol. The molecular formula is C24H52N2O3Si. The molecule has 30 heavy (non-hydrogen) atoms. The van der Waals surface area contributed by atoms with Gasteiger partial charge in [0.25, 0.3) is 0 Å². The number of unbranched alkanes of at least 4 members (excludes halogenated alkanes) is 14. The number of ether oxygens (including phenoxy) is 2. The van der Waals surface area contributed by atoms with Gasteiger partial charge in [-0.25, -0.2) is 4.79 Å². The molecule has 0 aliphatic rings. The van der Waals surface area contributed by atoms with Gasteiger partial charge in [-0.05, 0) is 12.8 Å². The van der Waals surface area contributed by atoms with E-state index in [1.807, 2.05) is 4.90 Å². The van der Waals surface area contributed by atoms with E-state index >= 15 is 0 Å². The number of methoxy groups -OCH3 is 2. The summed E-state index contributed by atoms with van der Waals surface area (Å²) in [5.41, 5.74) is 0. The molecule has 0 fully saturated rings. The van der Waals surface area contributed by atoms with Crippen LogP contribution in [-0.2, 0) is 9.47 Å². The summed E-state index contributed by atoms with van der Waals surface area (Å²) in [5, 5.41) is 0. The summed E-state index contributed by atoms with van der Waals surface area (Å²) in [6.07, 6.45) is 21.5. The number of hydrogen-bond donors (Lipinski definition) is 1. The quantitative estimate of drug-likeness (QED) is 0.128. The number of nitrogens with one attached hydrogen (secondary N) is 1. The summed E-state index contributed by atoms with van der Waals surface area (Å²) in [5.74, 6) is -0.247. The average molecular weight is 445 g/mol. The molecule has 0 spiro atoms. The van der Waals surface area contributed by atoms with E-state index in [4.69, 9.17) is 9.47 Å². The minimum Gasteiger partial charge on any atom is -0.364 e. The van der Waals surface area contributed by atoms with Gasteiger partial charge in [0.1, 0.15) is 0 Å². The molecule has 0 radical (unpaired) electrons. The summed E-state index contributed by atoms with van der Waals surface area (Å²) in [4.78, 5) is 17.4. The third-order valence-electron chi connectivity index (χ3n) is 5.76. The SMILES string of the molecule is CCCCCCCCCCCCCCCCCN(CCC)C(=O)N[SiH2]C(OC)OC. The van der Waals surface area contributed by atoms with Gasteiger partial charge in [0.05, 0.1) is 0 Å². The monoisotopic (exact) mass is 444 g/mol. The van der Waals surface area contributed by atoms with E-state index in [-0.39, 0.29) is 11.9 Å². The minimum absolute atomic E-state index is 0.0491. The van der Waals surface area contributed by atoms with Crippen LogP contribution in [-0.4, -0.2) is 53.8 Å². The molecule has 0 saturated heterocycles. The van der Waals surface area contributed by atoms with Crippen molar-refractivity contribution in [2.75, 3.05) is 27.3 Å². The Bertz CT molecular complexity index is 368. The van der Waals surface area contributed by atoms with Crippen LogP contribution in [0.4, 0.5) is 4.79 Å². The van der Waals surface area contributed by atoms with Crippen LogP contribution in [0.25, 0.3) is 0 Å². The van der Waals surface area contributed by atoms with Crippen molar-refractivity contribution in [1.82, 2.24) is 9.88 Å². The molecule has 0 aromatic heterocycles. The van der Waals surface area contributed by atoms with Gasteiger partial charge in [-0.2, -0.15) is 0 Å². The summed E-state index contributed by atoms with van der Waals surface area (Å²) in [6.45, 7) is 6.09. The van der Waals surface area contributed by atoms with Crippen molar-refractivity contribution in [2.24, 2.45) is 0 Å². The smallest absolute Gasteiger partial charge is 0.309 e. The number of carbonyl (C=O) groups is 1. The van der Waals surface area contributed by atoms with Crippen LogP contribution in [0.5, 0.6) is 0 Å². The fourth-order valence-corrected chi connectivity index (χ4v) is 4.70. The lowest BCUT2D eigenvalue weighted by atomic mass is 10.0. The largest absolute Gasteiger partial charge is 0.364 e. The number of hydrogen-bond acceptors (Lipinski definition) is 3. The molecule has 0 saturated carbocycles. The Morgan fingerprint density at radius 2 is 1.13 bits per heavy atom. The normalized spacial score (nSPS) is 11.6. The third-order valence-corrected chi connectivity index (χ3v) is 7.26. The lowest BCUT2D eigenvalue weighted by Gasteiger charge is -2.23. The summed E-state index contributed by atoms with van der Waals surface area (Å²) in [6, 6.07) is 0.0491. The molecule has 0 rings (SSSR count). The first-order valence-electron chi connectivity index (χ1n) is 12.8. The van der Waals surface area contributed by atoms with Crippen molar-refractivity contribution in [1.29, 1.82) is 0 Å². The predicted octanol–water partition coefficient (Wildman–Crippen LogP) is 5.94. The van der Waals surface area contributed by atoms with Crippen molar-refractivity contribution < 1.29 is 14.3 Å². The summed E-state index contributed by atoms with van der Waals surface area (Å²) >= 11 is 0. The Labute approximate surface area is 189 Å². The molecule has 1 N–H and O–H groups in total. The van der Waals surface area contributed by atoms with Crippen LogP contribution < -0.4 is 4.98 Å². The second-order valence-corrected chi connectivity index (χ2v) is 9.95. The first-order valence-corrected chi connectivity index (χ1v) is 14.3. The van der Waals surface area contributed by atoms with Crippen LogP contribution in [0, 0.1) is 0 Å². The molecule has 2 amide bonds. The van der Waals surface area contributed by atoms with Gasteiger partial charge in [0, 0.05) is 27.3 Å². The standard InChI is InChI=1S/C24H52N2O3Si/c1-5-7-8-9-10-11-12-13-14-15-16-17-18-19-20-22-26(21-6-2)23(27)25-30-24(28-3)29-4/h24H,5-22,30H2,1-4H3,(H,25,27). The maximum absolute atomic E-state index is 12.4. The van der Waals surface area contributed by atoms with E-state index in [1.165, 1.54) is 89.9 Å². The Morgan fingerprint density at radius 3 is 1.53 bits per heavy atom. The fraction of sp³-hybridized carbons (Fsp3) is 0.958. The van der Waals surface area contributed by atoms with E-state index < -0.39 is 9.68 Å². The Morgan fingerprint density at radius 1 is 0.700 bits per heavy atom. The van der Waals surface area contributed by atoms with Crippen LogP contribution in [0.3, 0.4) is 0 Å². The number of carbonyl (C=O) groups excluding carboxylic acids is 1. The second kappa shape index (κ2) is 23.1. The number of amides is 2. The van der Waals surface area contributed by atoms with Gasteiger partial charge in [-0.1, -0.05) is 104 Å². The van der Waals surface area contributed by atoms with E-state index in [1.54, 1.807) is 14.2 Å². The van der Waals surface area contributed by atoms with E-state index in [0.717, 1.165) is 25.9 Å². The summed E-state index contributed by atoms with van der Waals surface area (Å²) in [7, 11) is 2.31. The van der Waals surface area contributed by atoms with E-state index in [0.29, 0.717) is 0 Å². The first-order chi connectivity index (χ1) is 14.7. The van der Waals surface area contributed by atoms with Crippen LogP contribution in [0.2, 0.25) is 0 Å². The molecule has 180 valence electrons. The zero-order valence-corrected chi connectivity index (χ0v) is 22.1. The molecule has 0 aliphatic heterocycles. The van der Waals surface area contributed by atoms with Crippen molar-refractivity contribution in [3.05, 3.63) is 0 Å². The molecule has 0 unspecified atom stereocenters. The molecule has 0 heterocycles. The highest BCUT2D eigenvalue weighted by Gasteiger charge is 2.14. The molecule has 0 aromatic carbocycles. The molecule has 6 heteroatoms. The number of nitrogens with zero attached hydrogens (tertiary/aromatic N) is 1. The van der Waals surface area contributed by atoms with Crippen molar-refractivity contribution in [2.45, 2.75) is 122 Å². The van der Waals surface area contributed by atoms with Crippen LogP contribution in [0.1, 0.15) is 117 Å². The maximum Gasteiger partial charge on any atom is 0.309 e. The highest BCUT2D eigenvalue weighted by Crippen LogP contribution is 2.13. The molecule has 0 aromatic rings. The average Bonchev–Trinajstić information content (AvgIpc) is 2.76. The highest BCUT2D eigenvalue weighted by atomic mass is 28.2. The second-order valence-electron chi connectivity index (χ2n) is 8.52. The lowest BCUT2D eigenvalue weighted by Crippen LogP contribution is -2.46. The maximum atomic E-state index is 12.4. The number of rotatable bonds is 22. The molecule has 0 atom stereocenters. The Hall–Kier alpha value is -0.593. The zero-order valence-electron chi connectivity index (χ0n) is 20.7.